The van der Waals surface area contributed by atoms with Crippen molar-refractivity contribution >= 4 is 28.5 Å². The monoisotopic (exact) mass is 433 g/mol. The molecule has 5 rings (SSSR count). The van der Waals surface area contributed by atoms with Gasteiger partial charge in [-0.1, -0.05) is 36.4 Å². The second-order valence-electron chi connectivity index (χ2n) is 7.75. The quantitative estimate of drug-likeness (QED) is 0.517. The van der Waals surface area contributed by atoms with Crippen molar-refractivity contribution in [1.82, 2.24) is 9.55 Å². The average Bonchev–Trinajstić information content (AvgIpc) is 3.29. The summed E-state index contributed by atoms with van der Waals surface area (Å²) in [6.45, 7) is 4.16. The third-order valence-corrected chi connectivity index (χ3v) is 6.89. The minimum Gasteiger partial charge on any atom is -0.482 e. The highest BCUT2D eigenvalue weighted by molar-refractivity contribution is 8.14. The summed E-state index contributed by atoms with van der Waals surface area (Å²) in [5, 5.41) is 0.739. The van der Waals surface area contributed by atoms with Crippen LogP contribution < -0.4 is 4.90 Å². The number of aromatic nitrogens is 2. The SMILES string of the molecule is COC1=CC=CC23C=C(C)C(OC)C(C)=C2n2c(SC(=O)c4ccccc4)cnc2N13. The fraction of sp³-hybridized carbons (Fsp3) is 0.250. The van der Waals surface area contributed by atoms with Crippen LogP contribution in [0.3, 0.4) is 0 Å². The van der Waals surface area contributed by atoms with Gasteiger partial charge in [-0.15, -0.1) is 0 Å². The van der Waals surface area contributed by atoms with E-state index in [1.54, 1.807) is 20.4 Å². The highest BCUT2D eigenvalue weighted by Crippen LogP contribution is 2.53. The third kappa shape index (κ3) is 2.77. The minimum atomic E-state index is -0.571. The van der Waals surface area contributed by atoms with Gasteiger partial charge in [0.1, 0.15) is 16.7 Å². The summed E-state index contributed by atoms with van der Waals surface area (Å²) in [6, 6.07) is 9.30. The molecule has 2 atom stereocenters. The number of methoxy groups -OCH3 is 2. The van der Waals surface area contributed by atoms with Crippen molar-refractivity contribution in [2.45, 2.75) is 30.5 Å². The van der Waals surface area contributed by atoms with E-state index in [1.807, 2.05) is 42.5 Å². The Morgan fingerprint density at radius 2 is 1.97 bits per heavy atom. The van der Waals surface area contributed by atoms with E-state index in [2.05, 4.69) is 35.5 Å². The van der Waals surface area contributed by atoms with Gasteiger partial charge in [0.25, 0.3) is 0 Å². The van der Waals surface area contributed by atoms with Crippen molar-refractivity contribution in [2.24, 2.45) is 0 Å². The molecule has 7 heteroatoms. The van der Waals surface area contributed by atoms with Crippen LogP contribution in [-0.2, 0) is 9.47 Å². The van der Waals surface area contributed by atoms with Crippen molar-refractivity contribution in [2.75, 3.05) is 19.1 Å². The minimum absolute atomic E-state index is 0.0238. The zero-order valence-corrected chi connectivity index (χ0v) is 18.6. The molecule has 3 aliphatic rings. The van der Waals surface area contributed by atoms with Gasteiger partial charge in [-0.05, 0) is 55.0 Å². The molecule has 3 heterocycles. The first kappa shape index (κ1) is 19.9. The molecule has 0 saturated carbocycles. The largest absolute Gasteiger partial charge is 0.482 e. The van der Waals surface area contributed by atoms with Crippen LogP contribution in [0.5, 0.6) is 0 Å². The molecule has 6 nitrogen and oxygen atoms in total. The molecule has 2 aliphatic heterocycles. The summed E-state index contributed by atoms with van der Waals surface area (Å²) in [5.41, 5.74) is 3.32. The van der Waals surface area contributed by atoms with Gasteiger partial charge in [0.2, 0.25) is 11.1 Å². The predicted octanol–water partition coefficient (Wildman–Crippen LogP) is 4.64. The number of carbonyl (C=O) groups is 1. The number of hydrogen-bond donors (Lipinski definition) is 0. The number of benzene rings is 1. The number of nitrogens with zero attached hydrogens (tertiary/aromatic N) is 3. The number of fused-ring (bicyclic) bond motifs is 3. The summed E-state index contributed by atoms with van der Waals surface area (Å²) in [7, 11) is 3.38. The standard InChI is InChI=1S/C24H23N3O3S/c1-15-13-24-12-8-11-18(29-3)27(24)23-25-14-19(26(23)21(24)16(2)20(15)30-4)31-22(28)17-9-6-5-7-10-17/h5-14,20H,1-4H3. The Balaban J connectivity index is 1.68. The Morgan fingerprint density at radius 3 is 2.68 bits per heavy atom. The summed E-state index contributed by atoms with van der Waals surface area (Å²) in [4.78, 5) is 19.8. The van der Waals surface area contributed by atoms with Gasteiger partial charge in [0.15, 0.2) is 5.88 Å². The Labute approximate surface area is 185 Å². The van der Waals surface area contributed by atoms with Gasteiger partial charge >= 0.3 is 0 Å². The van der Waals surface area contributed by atoms with E-state index in [0.29, 0.717) is 11.4 Å². The number of allylic oxidation sites excluding steroid dienone is 2. The van der Waals surface area contributed by atoms with Crippen LogP contribution in [0.25, 0.3) is 5.70 Å². The van der Waals surface area contributed by atoms with Crippen LogP contribution in [0.2, 0.25) is 0 Å². The number of ether oxygens (including phenoxy) is 2. The maximum Gasteiger partial charge on any atom is 0.225 e. The lowest BCUT2D eigenvalue weighted by Gasteiger charge is -2.41. The molecule has 1 aliphatic carbocycles. The van der Waals surface area contributed by atoms with Crippen LogP contribution in [0, 0.1) is 0 Å². The van der Waals surface area contributed by atoms with Crippen molar-refractivity contribution < 1.29 is 14.3 Å². The van der Waals surface area contributed by atoms with E-state index in [4.69, 9.17) is 14.5 Å². The van der Waals surface area contributed by atoms with Gasteiger partial charge in [-0.2, -0.15) is 0 Å². The molecule has 1 aromatic carbocycles. The lowest BCUT2D eigenvalue weighted by molar-refractivity contribution is 0.108. The lowest BCUT2D eigenvalue weighted by atomic mass is 9.80. The third-order valence-electron chi connectivity index (χ3n) is 5.97. The molecule has 0 bridgehead atoms. The summed E-state index contributed by atoms with van der Waals surface area (Å²) >= 11 is 1.18. The highest BCUT2D eigenvalue weighted by atomic mass is 32.2. The van der Waals surface area contributed by atoms with E-state index in [1.165, 1.54) is 11.8 Å². The summed E-state index contributed by atoms with van der Waals surface area (Å²) < 4.78 is 13.6. The van der Waals surface area contributed by atoms with Crippen LogP contribution in [0.4, 0.5) is 5.95 Å². The van der Waals surface area contributed by atoms with Crippen LogP contribution in [-0.4, -0.2) is 40.5 Å². The molecule has 0 N–H and O–H groups in total. The van der Waals surface area contributed by atoms with Crippen molar-refractivity contribution in [3.05, 3.63) is 83.4 Å². The molecule has 31 heavy (non-hydrogen) atoms. The average molecular weight is 434 g/mol. The van der Waals surface area contributed by atoms with Crippen LogP contribution >= 0.6 is 11.8 Å². The maximum atomic E-state index is 13.0. The molecule has 0 saturated heterocycles. The highest BCUT2D eigenvalue weighted by Gasteiger charge is 2.53. The first-order valence-corrected chi connectivity index (χ1v) is 10.9. The molecular formula is C24H23N3O3S. The van der Waals surface area contributed by atoms with Gasteiger partial charge in [-0.25, -0.2) is 4.98 Å². The normalized spacial score (nSPS) is 23.7. The Hall–Kier alpha value is -3.03. The van der Waals surface area contributed by atoms with Gasteiger partial charge in [0, 0.05) is 12.7 Å². The first-order valence-electron chi connectivity index (χ1n) is 10.0. The molecule has 0 radical (unpaired) electrons. The Morgan fingerprint density at radius 1 is 1.19 bits per heavy atom. The van der Waals surface area contributed by atoms with E-state index in [9.17, 15) is 4.79 Å². The molecular weight excluding hydrogens is 410 g/mol. The molecule has 2 aromatic rings. The lowest BCUT2D eigenvalue weighted by Crippen LogP contribution is -2.47. The Kier molecular flexibility index (Phi) is 4.68. The van der Waals surface area contributed by atoms with E-state index in [-0.39, 0.29) is 11.2 Å². The van der Waals surface area contributed by atoms with E-state index in [0.717, 1.165) is 27.8 Å². The van der Waals surface area contributed by atoms with Gasteiger partial charge in [-0.3, -0.25) is 14.3 Å². The number of anilines is 1. The van der Waals surface area contributed by atoms with Crippen molar-refractivity contribution in [3.63, 3.8) is 0 Å². The van der Waals surface area contributed by atoms with E-state index < -0.39 is 5.54 Å². The summed E-state index contributed by atoms with van der Waals surface area (Å²) in [6.07, 6.45) is 9.90. The molecule has 0 amide bonds. The van der Waals surface area contributed by atoms with Crippen LogP contribution in [0.15, 0.2) is 82.9 Å². The van der Waals surface area contributed by atoms with Gasteiger partial charge < -0.3 is 9.47 Å². The topological polar surface area (TPSA) is 56.6 Å². The maximum absolute atomic E-state index is 13.0. The number of imidazole rings is 1. The van der Waals surface area contributed by atoms with Gasteiger partial charge in [0.05, 0.1) is 19.0 Å². The second-order valence-corrected chi connectivity index (χ2v) is 8.75. The molecule has 2 unspecified atom stereocenters. The number of hydrogen-bond acceptors (Lipinski definition) is 6. The molecule has 1 spiro atoms. The van der Waals surface area contributed by atoms with Crippen molar-refractivity contribution in [3.8, 4) is 0 Å². The predicted molar refractivity (Wildman–Crippen MR) is 122 cm³/mol. The zero-order chi connectivity index (χ0) is 21.8. The number of rotatable bonds is 4. The summed E-state index contributed by atoms with van der Waals surface area (Å²) in [5.74, 6) is 1.42. The fourth-order valence-electron chi connectivity index (χ4n) is 4.82. The molecule has 158 valence electrons. The van der Waals surface area contributed by atoms with Crippen LogP contribution in [0.1, 0.15) is 24.2 Å². The molecule has 0 fully saturated rings. The smallest absolute Gasteiger partial charge is 0.225 e. The number of carbonyl (C=O) groups excluding carboxylic acids is 1. The second kappa shape index (κ2) is 7.28. The number of thioether (sulfide) groups is 1. The molecule has 1 aromatic heterocycles. The Bertz CT molecular complexity index is 1190. The van der Waals surface area contributed by atoms with Crippen molar-refractivity contribution in [1.29, 1.82) is 0 Å². The first-order chi connectivity index (χ1) is 15.0. The zero-order valence-electron chi connectivity index (χ0n) is 17.8. The van der Waals surface area contributed by atoms with E-state index >= 15 is 0 Å². The fourth-order valence-corrected chi connectivity index (χ4v) is 5.63.